The first-order chi connectivity index (χ1) is 11.5. The van der Waals surface area contributed by atoms with Crippen molar-refractivity contribution in [1.82, 2.24) is 4.90 Å². The summed E-state index contributed by atoms with van der Waals surface area (Å²) in [6.07, 6.45) is 0.942. The molecule has 1 atom stereocenters. The molecule has 126 valence electrons. The predicted octanol–water partition coefficient (Wildman–Crippen LogP) is 3.89. The van der Waals surface area contributed by atoms with Gasteiger partial charge >= 0.3 is 0 Å². The molecule has 0 radical (unpaired) electrons. The van der Waals surface area contributed by atoms with Crippen LogP contribution in [-0.2, 0) is 11.3 Å². The molecular weight excluding hydrogens is 379 g/mol. The second-order valence-electron chi connectivity index (χ2n) is 5.08. The second kappa shape index (κ2) is 8.50. The first-order valence-corrected chi connectivity index (χ1v) is 8.10. The summed E-state index contributed by atoms with van der Waals surface area (Å²) in [7, 11) is 0. The first-order valence-electron chi connectivity index (χ1n) is 7.31. The Balaban J connectivity index is 2.07. The number of carbonyl (C=O) groups excluding carboxylic acids is 1. The van der Waals surface area contributed by atoms with Gasteiger partial charge in [-0.05, 0) is 53.2 Å². The quantitative estimate of drug-likeness (QED) is 0.714. The Morgan fingerprint density at radius 3 is 2.92 bits per heavy atom. The minimum atomic E-state index is -0.791. The van der Waals surface area contributed by atoms with Gasteiger partial charge in [-0.15, -0.1) is 0 Å². The van der Waals surface area contributed by atoms with E-state index in [0.717, 1.165) is 0 Å². The van der Waals surface area contributed by atoms with Crippen molar-refractivity contribution in [3.05, 3.63) is 52.6 Å². The number of furan rings is 1. The van der Waals surface area contributed by atoms with E-state index in [9.17, 15) is 9.18 Å². The Bertz CT molecular complexity index is 728. The van der Waals surface area contributed by atoms with Crippen LogP contribution in [0.25, 0.3) is 0 Å². The van der Waals surface area contributed by atoms with Gasteiger partial charge in [-0.2, -0.15) is 5.26 Å². The van der Waals surface area contributed by atoms with Crippen molar-refractivity contribution in [2.45, 2.75) is 26.0 Å². The number of hydrogen-bond donors (Lipinski definition) is 0. The zero-order valence-corrected chi connectivity index (χ0v) is 14.6. The fourth-order valence-corrected chi connectivity index (χ4v) is 2.56. The highest BCUT2D eigenvalue weighted by Crippen LogP contribution is 2.26. The van der Waals surface area contributed by atoms with Gasteiger partial charge in [0.15, 0.2) is 6.10 Å². The highest BCUT2D eigenvalue weighted by molar-refractivity contribution is 9.10. The molecule has 24 heavy (non-hydrogen) atoms. The monoisotopic (exact) mass is 394 g/mol. The molecule has 1 aromatic carbocycles. The number of carbonyl (C=O) groups is 1. The lowest BCUT2D eigenvalue weighted by Crippen LogP contribution is -2.40. The Morgan fingerprint density at radius 1 is 1.50 bits per heavy atom. The van der Waals surface area contributed by atoms with Crippen molar-refractivity contribution in [3.63, 3.8) is 0 Å². The zero-order valence-electron chi connectivity index (χ0n) is 13.0. The van der Waals surface area contributed by atoms with Crippen LogP contribution in [0.2, 0.25) is 0 Å². The molecule has 2 aromatic rings. The van der Waals surface area contributed by atoms with Crippen molar-refractivity contribution in [2.75, 3.05) is 6.54 Å². The van der Waals surface area contributed by atoms with Crippen molar-refractivity contribution >= 4 is 21.8 Å². The van der Waals surface area contributed by atoms with Crippen LogP contribution in [0, 0.1) is 17.1 Å². The SMILES string of the molecule is CC(Oc1ccc(F)cc1Br)C(=O)N(CCC#N)Cc1ccco1. The summed E-state index contributed by atoms with van der Waals surface area (Å²) in [6, 6.07) is 9.49. The van der Waals surface area contributed by atoms with Crippen LogP contribution in [0.3, 0.4) is 0 Å². The highest BCUT2D eigenvalue weighted by atomic mass is 79.9. The molecule has 2 rings (SSSR count). The number of nitrogens with zero attached hydrogens (tertiary/aromatic N) is 2. The van der Waals surface area contributed by atoms with Crippen LogP contribution >= 0.6 is 15.9 Å². The van der Waals surface area contributed by atoms with Crippen molar-refractivity contribution in [2.24, 2.45) is 0 Å². The summed E-state index contributed by atoms with van der Waals surface area (Å²) in [5.41, 5.74) is 0. The molecule has 0 aliphatic heterocycles. The minimum Gasteiger partial charge on any atom is -0.480 e. The molecule has 0 aliphatic rings. The number of rotatable bonds is 7. The van der Waals surface area contributed by atoms with Crippen LogP contribution in [0.5, 0.6) is 5.75 Å². The third-order valence-electron chi connectivity index (χ3n) is 3.28. The van der Waals surface area contributed by atoms with Crippen molar-refractivity contribution in [1.29, 1.82) is 5.26 Å². The number of amides is 1. The summed E-state index contributed by atoms with van der Waals surface area (Å²) >= 11 is 3.20. The predicted molar refractivity (Wildman–Crippen MR) is 88.5 cm³/mol. The zero-order chi connectivity index (χ0) is 17.5. The summed E-state index contributed by atoms with van der Waals surface area (Å²) in [6.45, 7) is 2.14. The molecule has 1 heterocycles. The maximum atomic E-state index is 13.1. The molecule has 1 amide bonds. The van der Waals surface area contributed by atoms with E-state index < -0.39 is 11.9 Å². The Morgan fingerprint density at radius 2 is 2.29 bits per heavy atom. The van der Waals surface area contributed by atoms with E-state index in [1.807, 2.05) is 6.07 Å². The van der Waals surface area contributed by atoms with Crippen molar-refractivity contribution in [3.8, 4) is 11.8 Å². The molecule has 0 fully saturated rings. The van der Waals surface area contributed by atoms with Gasteiger partial charge < -0.3 is 14.1 Å². The van der Waals surface area contributed by atoms with Gasteiger partial charge in [0.2, 0.25) is 0 Å². The van der Waals surface area contributed by atoms with Crippen LogP contribution in [0.15, 0.2) is 45.5 Å². The van der Waals surface area contributed by atoms with Crippen molar-refractivity contribution < 1.29 is 18.3 Å². The Labute approximate surface area is 147 Å². The standard InChI is InChI=1S/C17H16BrFN2O3/c1-12(24-16-6-5-13(19)10-15(16)18)17(22)21(8-3-7-20)11-14-4-2-9-23-14/h2,4-6,9-10,12H,3,8,11H2,1H3. The molecule has 0 saturated heterocycles. The lowest BCUT2D eigenvalue weighted by atomic mass is 10.2. The van der Waals surface area contributed by atoms with Gasteiger partial charge in [0.05, 0.1) is 29.8 Å². The maximum absolute atomic E-state index is 13.1. The third kappa shape index (κ3) is 4.83. The Hall–Kier alpha value is -2.33. The largest absolute Gasteiger partial charge is 0.480 e. The van der Waals surface area contributed by atoms with E-state index in [2.05, 4.69) is 15.9 Å². The van der Waals surface area contributed by atoms with Crippen LogP contribution < -0.4 is 4.74 Å². The number of ether oxygens (including phenoxy) is 1. The summed E-state index contributed by atoms with van der Waals surface area (Å²) < 4.78 is 24.4. The fourth-order valence-electron chi connectivity index (χ4n) is 2.11. The summed E-state index contributed by atoms with van der Waals surface area (Å²) in [5.74, 6) is 0.312. The number of hydrogen-bond acceptors (Lipinski definition) is 4. The number of benzene rings is 1. The molecule has 0 spiro atoms. The molecule has 1 unspecified atom stereocenters. The molecule has 0 N–H and O–H groups in total. The van der Waals surface area contributed by atoms with Crippen LogP contribution in [0.1, 0.15) is 19.1 Å². The highest BCUT2D eigenvalue weighted by Gasteiger charge is 2.23. The molecule has 0 saturated carbocycles. The molecule has 0 bridgehead atoms. The third-order valence-corrected chi connectivity index (χ3v) is 3.90. The smallest absolute Gasteiger partial charge is 0.263 e. The first kappa shape index (κ1) is 18.0. The molecule has 7 heteroatoms. The van der Waals surface area contributed by atoms with E-state index in [-0.39, 0.29) is 25.4 Å². The summed E-state index contributed by atoms with van der Waals surface area (Å²) in [5, 5.41) is 8.77. The molecule has 1 aromatic heterocycles. The van der Waals surface area contributed by atoms with Gasteiger partial charge in [0.1, 0.15) is 17.3 Å². The second-order valence-corrected chi connectivity index (χ2v) is 5.94. The molecule has 0 aliphatic carbocycles. The van der Waals surface area contributed by atoms with E-state index in [4.69, 9.17) is 14.4 Å². The minimum absolute atomic E-state index is 0.208. The Kier molecular flexibility index (Phi) is 6.38. The lowest BCUT2D eigenvalue weighted by Gasteiger charge is -2.25. The lowest BCUT2D eigenvalue weighted by molar-refractivity contribution is -0.138. The van der Waals surface area contributed by atoms with E-state index in [0.29, 0.717) is 16.0 Å². The van der Waals surface area contributed by atoms with E-state index in [1.165, 1.54) is 29.4 Å². The molecule has 5 nitrogen and oxygen atoms in total. The van der Waals surface area contributed by atoms with E-state index >= 15 is 0 Å². The van der Waals surface area contributed by atoms with Crippen LogP contribution in [-0.4, -0.2) is 23.5 Å². The molecular formula is C17H16BrFN2O3. The fraction of sp³-hybridized carbons (Fsp3) is 0.294. The number of halogens is 2. The van der Waals surface area contributed by atoms with Gasteiger partial charge in [-0.3, -0.25) is 4.79 Å². The maximum Gasteiger partial charge on any atom is 0.263 e. The van der Waals surface area contributed by atoms with Gasteiger partial charge in [-0.1, -0.05) is 0 Å². The van der Waals surface area contributed by atoms with E-state index in [1.54, 1.807) is 19.1 Å². The van der Waals surface area contributed by atoms with Gasteiger partial charge in [-0.25, -0.2) is 4.39 Å². The average molecular weight is 395 g/mol. The summed E-state index contributed by atoms with van der Waals surface area (Å²) in [4.78, 5) is 14.1. The number of nitriles is 1. The normalized spacial score (nSPS) is 11.6. The average Bonchev–Trinajstić information content (AvgIpc) is 3.06. The van der Waals surface area contributed by atoms with Gasteiger partial charge in [0, 0.05) is 6.54 Å². The topological polar surface area (TPSA) is 66.5 Å². The van der Waals surface area contributed by atoms with Gasteiger partial charge in [0.25, 0.3) is 5.91 Å². The van der Waals surface area contributed by atoms with Crippen LogP contribution in [0.4, 0.5) is 4.39 Å².